The summed E-state index contributed by atoms with van der Waals surface area (Å²) in [5.41, 5.74) is 4.65. The maximum Gasteiger partial charge on any atom is 0.333 e. The van der Waals surface area contributed by atoms with Crippen LogP contribution in [0.4, 0.5) is 0 Å². The molecule has 0 bridgehead atoms. The molecule has 0 aliphatic heterocycles. The molecule has 33 heavy (non-hydrogen) atoms. The fraction of sp³-hybridized carbons (Fsp3) is 0.238. The van der Waals surface area contributed by atoms with Crippen molar-refractivity contribution in [2.24, 2.45) is 0 Å². The number of imidazole rings is 1. The molecular formula is C21H21N7O4S. The monoisotopic (exact) mass is 467 g/mol. The summed E-state index contributed by atoms with van der Waals surface area (Å²) in [7, 11) is 0. The number of aryl methyl sites for hydroxylation is 2. The number of benzene rings is 1. The third-order valence-corrected chi connectivity index (χ3v) is 5.75. The minimum absolute atomic E-state index is 0.161. The first kappa shape index (κ1) is 22.1. The largest absolute Gasteiger partial charge is 0.333 e. The molecule has 0 radical (unpaired) electrons. The van der Waals surface area contributed by atoms with Crippen LogP contribution in [-0.2, 0) is 24.4 Å². The van der Waals surface area contributed by atoms with E-state index in [9.17, 15) is 19.2 Å². The Hall–Kier alpha value is -4.06. The van der Waals surface area contributed by atoms with Crippen LogP contribution >= 0.6 is 11.3 Å². The van der Waals surface area contributed by atoms with E-state index in [0.29, 0.717) is 11.6 Å². The van der Waals surface area contributed by atoms with E-state index in [0.717, 1.165) is 10.1 Å². The van der Waals surface area contributed by atoms with Crippen LogP contribution in [0.3, 0.4) is 0 Å². The zero-order valence-electron chi connectivity index (χ0n) is 17.9. The molecule has 0 saturated carbocycles. The first-order valence-electron chi connectivity index (χ1n) is 10.1. The van der Waals surface area contributed by atoms with Crippen LogP contribution in [0.2, 0.25) is 0 Å². The van der Waals surface area contributed by atoms with E-state index in [-0.39, 0.29) is 23.4 Å². The average molecular weight is 468 g/mol. The smallest absolute Gasteiger partial charge is 0.325 e. The van der Waals surface area contributed by atoms with Gasteiger partial charge in [0.15, 0.2) is 11.2 Å². The van der Waals surface area contributed by atoms with Crippen molar-refractivity contribution in [3.8, 4) is 0 Å². The molecule has 0 atom stereocenters. The first-order chi connectivity index (χ1) is 15.9. The van der Waals surface area contributed by atoms with Gasteiger partial charge in [0.2, 0.25) is 0 Å². The van der Waals surface area contributed by atoms with Gasteiger partial charge in [0.25, 0.3) is 17.4 Å². The molecule has 0 unspecified atom stereocenters. The van der Waals surface area contributed by atoms with Gasteiger partial charge in [-0.3, -0.25) is 29.8 Å². The van der Waals surface area contributed by atoms with Crippen molar-refractivity contribution < 1.29 is 9.59 Å². The van der Waals surface area contributed by atoms with Crippen LogP contribution in [0.5, 0.6) is 0 Å². The Kier molecular flexibility index (Phi) is 6.18. The number of amides is 2. The Balaban J connectivity index is 1.65. The summed E-state index contributed by atoms with van der Waals surface area (Å²) < 4.78 is 3.83. The molecule has 4 rings (SSSR count). The van der Waals surface area contributed by atoms with Gasteiger partial charge >= 0.3 is 5.69 Å². The van der Waals surface area contributed by atoms with Gasteiger partial charge in [-0.15, -0.1) is 11.3 Å². The SMILES string of the molecule is CCn1cnc2c1c(=O)n(CC(=O)NNC(=O)c1csc(C)n1)c(=O)n2Cc1ccccc1. The van der Waals surface area contributed by atoms with Gasteiger partial charge in [-0.25, -0.2) is 19.3 Å². The Bertz CT molecular complexity index is 1450. The predicted molar refractivity (Wildman–Crippen MR) is 122 cm³/mol. The third kappa shape index (κ3) is 4.46. The fourth-order valence-corrected chi connectivity index (χ4v) is 3.96. The van der Waals surface area contributed by atoms with Gasteiger partial charge in [0.1, 0.15) is 12.2 Å². The molecule has 4 aromatic rings. The molecular weight excluding hydrogens is 446 g/mol. The van der Waals surface area contributed by atoms with Crippen molar-refractivity contribution >= 4 is 34.3 Å². The molecule has 3 heterocycles. The first-order valence-corrected chi connectivity index (χ1v) is 11.0. The highest BCUT2D eigenvalue weighted by molar-refractivity contribution is 7.09. The lowest BCUT2D eigenvalue weighted by Gasteiger charge is -2.13. The predicted octanol–water partition coefficient (Wildman–Crippen LogP) is 0.654. The second-order valence-electron chi connectivity index (χ2n) is 7.20. The number of aromatic nitrogens is 5. The number of rotatable bonds is 6. The zero-order chi connectivity index (χ0) is 23.5. The second-order valence-corrected chi connectivity index (χ2v) is 8.26. The van der Waals surface area contributed by atoms with Crippen molar-refractivity contribution in [2.75, 3.05) is 0 Å². The summed E-state index contributed by atoms with van der Waals surface area (Å²) in [6.45, 7) is 3.67. The Labute approximate surface area is 191 Å². The van der Waals surface area contributed by atoms with Crippen LogP contribution in [0.15, 0.2) is 51.6 Å². The number of nitrogens with zero attached hydrogens (tertiary/aromatic N) is 5. The minimum atomic E-state index is -0.734. The van der Waals surface area contributed by atoms with Crippen LogP contribution in [0.25, 0.3) is 11.2 Å². The number of carbonyl (C=O) groups excluding carboxylic acids is 2. The highest BCUT2D eigenvalue weighted by Gasteiger charge is 2.20. The number of hydrogen-bond donors (Lipinski definition) is 2. The van der Waals surface area contributed by atoms with Crippen molar-refractivity contribution in [1.82, 2.24) is 34.5 Å². The summed E-state index contributed by atoms with van der Waals surface area (Å²) in [6.07, 6.45) is 1.49. The topological polar surface area (TPSA) is 133 Å². The number of carbonyl (C=O) groups is 2. The highest BCUT2D eigenvalue weighted by Crippen LogP contribution is 2.10. The molecule has 1 aromatic carbocycles. The molecule has 0 spiro atoms. The Morgan fingerprint density at radius 3 is 2.52 bits per heavy atom. The minimum Gasteiger partial charge on any atom is -0.325 e. The van der Waals surface area contributed by atoms with Crippen LogP contribution < -0.4 is 22.1 Å². The number of thiazole rings is 1. The van der Waals surface area contributed by atoms with E-state index >= 15 is 0 Å². The third-order valence-electron chi connectivity index (χ3n) is 4.98. The maximum atomic E-state index is 13.2. The van der Waals surface area contributed by atoms with Gasteiger partial charge in [0.05, 0.1) is 17.9 Å². The van der Waals surface area contributed by atoms with Crippen molar-refractivity contribution in [1.29, 1.82) is 0 Å². The van der Waals surface area contributed by atoms with Crippen molar-refractivity contribution in [2.45, 2.75) is 33.5 Å². The van der Waals surface area contributed by atoms with Gasteiger partial charge in [0, 0.05) is 11.9 Å². The standard InChI is InChI=1S/C21H21N7O4S/c1-3-26-12-22-18-17(26)20(31)28(21(32)27(18)9-14-7-5-4-6-8-14)10-16(29)24-25-19(30)15-11-33-13(2)23-15/h4-8,11-12H,3,9-10H2,1-2H3,(H,24,29)(H,25,30). The normalized spacial score (nSPS) is 11.0. The van der Waals surface area contributed by atoms with Crippen molar-refractivity contribution in [3.63, 3.8) is 0 Å². The molecule has 2 N–H and O–H groups in total. The summed E-state index contributed by atoms with van der Waals surface area (Å²) in [6, 6.07) is 9.26. The molecule has 0 aliphatic rings. The van der Waals surface area contributed by atoms with Crippen LogP contribution in [0.1, 0.15) is 28.0 Å². The molecule has 170 valence electrons. The number of fused-ring (bicyclic) bond motifs is 1. The van der Waals surface area contributed by atoms with Gasteiger partial charge in [-0.2, -0.15) is 0 Å². The molecule has 2 amide bonds. The average Bonchev–Trinajstić information content (AvgIpc) is 3.45. The quantitative estimate of drug-likeness (QED) is 0.400. The number of hydrazine groups is 1. The van der Waals surface area contributed by atoms with Crippen LogP contribution in [0, 0.1) is 6.92 Å². The van der Waals surface area contributed by atoms with Crippen LogP contribution in [-0.4, -0.2) is 35.5 Å². The fourth-order valence-electron chi connectivity index (χ4n) is 3.37. The van der Waals surface area contributed by atoms with Gasteiger partial charge < -0.3 is 4.57 Å². The lowest BCUT2D eigenvalue weighted by Crippen LogP contribution is -2.48. The summed E-state index contributed by atoms with van der Waals surface area (Å²) >= 11 is 1.30. The highest BCUT2D eigenvalue weighted by atomic mass is 32.1. The molecule has 0 aliphatic carbocycles. The Morgan fingerprint density at radius 2 is 1.85 bits per heavy atom. The molecule has 0 saturated heterocycles. The maximum absolute atomic E-state index is 13.2. The summed E-state index contributed by atoms with van der Waals surface area (Å²) in [5.74, 6) is -1.33. The van der Waals surface area contributed by atoms with E-state index in [4.69, 9.17) is 0 Å². The molecule has 12 heteroatoms. The zero-order valence-corrected chi connectivity index (χ0v) is 18.8. The van der Waals surface area contributed by atoms with Gasteiger partial charge in [-0.05, 0) is 19.4 Å². The van der Waals surface area contributed by atoms with Crippen molar-refractivity contribution in [3.05, 3.63) is 79.1 Å². The summed E-state index contributed by atoms with van der Waals surface area (Å²) in [4.78, 5) is 59.2. The second kappa shape index (κ2) is 9.20. The number of nitrogens with one attached hydrogen (secondary N) is 2. The molecule has 3 aromatic heterocycles. The van der Waals surface area contributed by atoms with Gasteiger partial charge in [-0.1, -0.05) is 30.3 Å². The lowest BCUT2D eigenvalue weighted by molar-refractivity contribution is -0.122. The number of hydrogen-bond acceptors (Lipinski definition) is 7. The molecule has 0 fully saturated rings. The van der Waals surface area contributed by atoms with E-state index in [1.54, 1.807) is 16.9 Å². The Morgan fingerprint density at radius 1 is 1.09 bits per heavy atom. The van der Waals surface area contributed by atoms with E-state index in [1.807, 2.05) is 37.3 Å². The summed E-state index contributed by atoms with van der Waals surface area (Å²) in [5, 5.41) is 2.27. The van der Waals surface area contributed by atoms with E-state index in [2.05, 4.69) is 20.8 Å². The lowest BCUT2D eigenvalue weighted by atomic mass is 10.2. The van der Waals surface area contributed by atoms with E-state index < -0.39 is 29.6 Å². The van der Waals surface area contributed by atoms with E-state index in [1.165, 1.54) is 22.2 Å². The molecule has 11 nitrogen and oxygen atoms in total.